The first-order valence-electron chi connectivity index (χ1n) is 7.88. The summed E-state index contributed by atoms with van der Waals surface area (Å²) >= 11 is 1.48. The minimum atomic E-state index is -0.796. The number of carbonyl (C=O) groups excluding carboxylic acids is 2. The number of primary amides is 1. The van der Waals surface area contributed by atoms with Gasteiger partial charge in [-0.3, -0.25) is 4.79 Å². The highest BCUT2D eigenvalue weighted by Gasteiger charge is 2.28. The number of hydrogen-bond acceptors (Lipinski definition) is 6. The fourth-order valence-electron chi connectivity index (χ4n) is 2.81. The zero-order valence-electron chi connectivity index (χ0n) is 14.1. The van der Waals surface area contributed by atoms with Gasteiger partial charge in [0.25, 0.3) is 5.91 Å². The lowest BCUT2D eigenvalue weighted by Gasteiger charge is -2.18. The number of rotatable bonds is 5. The molecular weight excluding hydrogens is 326 g/mol. The van der Waals surface area contributed by atoms with Gasteiger partial charge < -0.3 is 15.8 Å². The molecule has 3 N–H and O–H groups in total. The van der Waals surface area contributed by atoms with Crippen LogP contribution in [0.1, 0.15) is 48.0 Å². The Balaban J connectivity index is 2.48. The van der Waals surface area contributed by atoms with Gasteiger partial charge >= 0.3 is 5.97 Å². The number of anilines is 1. The Morgan fingerprint density at radius 2 is 2.21 bits per heavy atom. The molecule has 1 aliphatic rings. The Hall–Kier alpha value is -2.33. The Morgan fingerprint density at radius 1 is 1.50 bits per heavy atom. The van der Waals surface area contributed by atoms with E-state index in [2.05, 4.69) is 12.2 Å². The molecule has 128 valence electrons. The van der Waals surface area contributed by atoms with Crippen LogP contribution < -0.4 is 11.1 Å². The largest absolute Gasteiger partial charge is 0.462 e. The molecule has 0 saturated heterocycles. The molecule has 1 heterocycles. The van der Waals surface area contributed by atoms with E-state index in [9.17, 15) is 9.59 Å². The number of nitrogens with zero attached hydrogens (tertiary/aromatic N) is 1. The molecule has 6 nitrogen and oxygen atoms in total. The van der Waals surface area contributed by atoms with E-state index in [0.29, 0.717) is 28.8 Å². The topological polar surface area (TPSA) is 105 Å². The number of esters is 1. The SMILES string of the molecule is CCOC(=O)c1c(N/C(C)=C(\C#N)C(N)=O)sc2c1CC[C@H](C)C2. The van der Waals surface area contributed by atoms with Crippen molar-refractivity contribution in [1.82, 2.24) is 0 Å². The van der Waals surface area contributed by atoms with Gasteiger partial charge in [-0.05, 0) is 44.6 Å². The monoisotopic (exact) mass is 347 g/mol. The molecule has 0 fully saturated rings. The standard InChI is InChI=1S/C17H21N3O3S/c1-4-23-17(22)14-11-6-5-9(2)7-13(11)24-16(14)20-10(3)12(8-18)15(19)21/h9,20H,4-7H2,1-3H3,(H2,19,21)/b12-10+/t9-/m0/s1. The van der Waals surface area contributed by atoms with E-state index in [1.165, 1.54) is 11.3 Å². The number of nitrogens with one attached hydrogen (secondary N) is 1. The Kier molecular flexibility index (Phi) is 5.62. The van der Waals surface area contributed by atoms with Gasteiger partial charge in [-0.25, -0.2) is 4.79 Å². The Morgan fingerprint density at radius 3 is 2.79 bits per heavy atom. The van der Waals surface area contributed by atoms with Crippen molar-refractivity contribution in [3.05, 3.63) is 27.3 Å². The summed E-state index contributed by atoms with van der Waals surface area (Å²) in [5, 5.41) is 12.7. The third-order valence-corrected chi connectivity index (χ3v) is 5.20. The van der Waals surface area contributed by atoms with Crippen LogP contribution >= 0.6 is 11.3 Å². The van der Waals surface area contributed by atoms with Crippen molar-refractivity contribution < 1.29 is 14.3 Å². The second-order valence-corrected chi connectivity index (χ2v) is 6.98. The highest BCUT2D eigenvalue weighted by molar-refractivity contribution is 7.16. The molecule has 0 spiro atoms. The van der Waals surface area contributed by atoms with Crippen molar-refractivity contribution in [3.63, 3.8) is 0 Å². The van der Waals surface area contributed by atoms with E-state index in [1.54, 1.807) is 19.9 Å². The normalized spacial score (nSPS) is 17.3. The average molecular weight is 347 g/mol. The van der Waals surface area contributed by atoms with Crippen LogP contribution in [0.3, 0.4) is 0 Å². The summed E-state index contributed by atoms with van der Waals surface area (Å²) in [5.74, 6) is -0.608. The minimum Gasteiger partial charge on any atom is -0.462 e. The molecule has 0 unspecified atom stereocenters. The van der Waals surface area contributed by atoms with Gasteiger partial charge in [0, 0.05) is 10.6 Å². The van der Waals surface area contributed by atoms with Crippen LogP contribution in [0.5, 0.6) is 0 Å². The third-order valence-electron chi connectivity index (χ3n) is 4.03. The molecule has 1 aliphatic carbocycles. The summed E-state index contributed by atoms with van der Waals surface area (Å²) in [4.78, 5) is 24.9. The maximum atomic E-state index is 12.4. The van der Waals surface area contributed by atoms with Gasteiger partial charge in [0.1, 0.15) is 16.6 Å². The van der Waals surface area contributed by atoms with Gasteiger partial charge in [-0.15, -0.1) is 11.3 Å². The van der Waals surface area contributed by atoms with Crippen molar-refractivity contribution in [3.8, 4) is 6.07 Å². The quantitative estimate of drug-likeness (QED) is 0.484. The predicted molar refractivity (Wildman–Crippen MR) is 92.6 cm³/mol. The lowest BCUT2D eigenvalue weighted by Crippen LogP contribution is -2.17. The van der Waals surface area contributed by atoms with Crippen LogP contribution in [0, 0.1) is 17.2 Å². The lowest BCUT2D eigenvalue weighted by molar-refractivity contribution is -0.114. The van der Waals surface area contributed by atoms with E-state index in [4.69, 9.17) is 15.7 Å². The van der Waals surface area contributed by atoms with E-state index < -0.39 is 5.91 Å². The molecule has 0 aliphatic heterocycles. The third kappa shape index (κ3) is 3.60. The molecule has 1 aromatic rings. The fraction of sp³-hybridized carbons (Fsp3) is 0.471. The van der Waals surface area contributed by atoms with Crippen LogP contribution in [0.4, 0.5) is 5.00 Å². The first-order chi connectivity index (χ1) is 11.4. The molecule has 1 aromatic heterocycles. The number of nitriles is 1. The number of nitrogens with two attached hydrogens (primary N) is 1. The molecule has 1 amide bonds. The second kappa shape index (κ2) is 7.49. The summed E-state index contributed by atoms with van der Waals surface area (Å²) in [6, 6.07) is 1.80. The highest BCUT2D eigenvalue weighted by atomic mass is 32.1. The number of carbonyl (C=O) groups is 2. The van der Waals surface area contributed by atoms with E-state index in [1.807, 2.05) is 0 Å². The molecule has 7 heteroatoms. The average Bonchev–Trinajstić information content (AvgIpc) is 2.84. The summed E-state index contributed by atoms with van der Waals surface area (Å²) in [7, 11) is 0. The van der Waals surface area contributed by atoms with E-state index in [0.717, 1.165) is 29.7 Å². The molecule has 24 heavy (non-hydrogen) atoms. The van der Waals surface area contributed by atoms with Crippen molar-refractivity contribution in [2.24, 2.45) is 11.7 Å². The van der Waals surface area contributed by atoms with Gasteiger partial charge in [-0.1, -0.05) is 6.92 Å². The molecule has 0 saturated carbocycles. The zero-order valence-corrected chi connectivity index (χ0v) is 14.9. The summed E-state index contributed by atoms with van der Waals surface area (Å²) < 4.78 is 5.19. The van der Waals surface area contributed by atoms with Crippen molar-refractivity contribution in [2.75, 3.05) is 11.9 Å². The number of ether oxygens (including phenoxy) is 1. The number of fused-ring (bicyclic) bond motifs is 1. The van der Waals surface area contributed by atoms with Gasteiger partial charge in [0.15, 0.2) is 0 Å². The summed E-state index contributed by atoms with van der Waals surface area (Å²) in [6.07, 6.45) is 2.76. The molecular formula is C17H21N3O3S. The van der Waals surface area contributed by atoms with Crippen LogP contribution in [0.15, 0.2) is 11.3 Å². The zero-order chi connectivity index (χ0) is 17.9. The maximum absolute atomic E-state index is 12.4. The number of allylic oxidation sites excluding steroid dienone is 1. The van der Waals surface area contributed by atoms with Crippen molar-refractivity contribution in [1.29, 1.82) is 5.26 Å². The van der Waals surface area contributed by atoms with Crippen LogP contribution in [0.25, 0.3) is 0 Å². The Labute approximate surface area is 145 Å². The molecule has 0 aromatic carbocycles. The van der Waals surface area contributed by atoms with Crippen LogP contribution in [0.2, 0.25) is 0 Å². The minimum absolute atomic E-state index is 0.149. The van der Waals surface area contributed by atoms with Crippen LogP contribution in [-0.2, 0) is 22.4 Å². The maximum Gasteiger partial charge on any atom is 0.341 e. The molecule has 0 radical (unpaired) electrons. The number of amides is 1. The van der Waals surface area contributed by atoms with E-state index in [-0.39, 0.29) is 11.5 Å². The lowest BCUT2D eigenvalue weighted by atomic mass is 9.88. The molecule has 0 bridgehead atoms. The number of hydrogen-bond donors (Lipinski definition) is 2. The fourth-order valence-corrected chi connectivity index (χ4v) is 4.27. The molecule has 1 atom stereocenters. The second-order valence-electron chi connectivity index (χ2n) is 5.88. The van der Waals surface area contributed by atoms with Gasteiger partial charge in [-0.2, -0.15) is 5.26 Å². The van der Waals surface area contributed by atoms with Crippen LogP contribution in [-0.4, -0.2) is 18.5 Å². The summed E-state index contributed by atoms with van der Waals surface area (Å²) in [6.45, 7) is 5.84. The predicted octanol–water partition coefficient (Wildman–Crippen LogP) is 2.74. The van der Waals surface area contributed by atoms with Gasteiger partial charge in [0.2, 0.25) is 0 Å². The first-order valence-corrected chi connectivity index (χ1v) is 8.70. The number of thiophene rings is 1. The highest BCUT2D eigenvalue weighted by Crippen LogP contribution is 2.40. The van der Waals surface area contributed by atoms with Crippen molar-refractivity contribution >= 4 is 28.2 Å². The molecule has 2 rings (SSSR count). The van der Waals surface area contributed by atoms with Crippen molar-refractivity contribution in [2.45, 2.75) is 40.0 Å². The summed E-state index contributed by atoms with van der Waals surface area (Å²) in [5.41, 5.74) is 6.94. The Bertz CT molecular complexity index is 743. The smallest absolute Gasteiger partial charge is 0.341 e. The van der Waals surface area contributed by atoms with Gasteiger partial charge in [0.05, 0.1) is 12.2 Å². The van der Waals surface area contributed by atoms with E-state index >= 15 is 0 Å². The first kappa shape index (κ1) is 18.0.